The van der Waals surface area contributed by atoms with Gasteiger partial charge in [0.1, 0.15) is 0 Å². The number of rotatable bonds is 1. The topological polar surface area (TPSA) is 0 Å². The van der Waals surface area contributed by atoms with E-state index in [4.69, 9.17) is 0 Å². The van der Waals surface area contributed by atoms with Crippen LogP contribution in [0.2, 0.25) is 0 Å². The van der Waals surface area contributed by atoms with Gasteiger partial charge in [0.25, 0.3) is 0 Å². The van der Waals surface area contributed by atoms with E-state index < -0.39 is 12.6 Å². The summed E-state index contributed by atoms with van der Waals surface area (Å²) < 4.78 is 33.0. The molecule has 0 spiro atoms. The molecular formula is C6H12F3Zn-. The molecule has 0 amide bonds. The molecule has 0 aromatic heterocycles. The van der Waals surface area contributed by atoms with E-state index in [9.17, 15) is 13.2 Å². The zero-order valence-corrected chi connectivity index (χ0v) is 9.43. The van der Waals surface area contributed by atoms with Crippen molar-refractivity contribution < 1.29 is 32.6 Å². The van der Waals surface area contributed by atoms with Gasteiger partial charge in [0, 0.05) is 25.9 Å². The Balaban J connectivity index is -0.000000149. The van der Waals surface area contributed by atoms with Crippen LogP contribution in [0.1, 0.15) is 26.7 Å². The van der Waals surface area contributed by atoms with Crippen LogP contribution in [0.15, 0.2) is 0 Å². The fourth-order valence-electron chi connectivity index (χ4n) is 0.200. The van der Waals surface area contributed by atoms with Crippen molar-refractivity contribution in [1.29, 1.82) is 0 Å². The Kier molecular flexibility index (Phi) is 15.8. The molecule has 0 rings (SSSR count). The van der Waals surface area contributed by atoms with Crippen LogP contribution in [0.25, 0.3) is 0 Å². The monoisotopic (exact) mass is 205 g/mol. The maximum atomic E-state index is 11.0. The summed E-state index contributed by atoms with van der Waals surface area (Å²) in [4.78, 5) is 0. The molecular weight excluding hydrogens is 194 g/mol. The van der Waals surface area contributed by atoms with Crippen LogP contribution in [-0.2, 0) is 19.5 Å². The molecule has 60 valence electrons. The summed E-state index contributed by atoms with van der Waals surface area (Å²) in [7, 11) is 0. The van der Waals surface area contributed by atoms with Gasteiger partial charge in [-0.05, 0) is 0 Å². The summed E-state index contributed by atoms with van der Waals surface area (Å²) in [6.07, 6.45) is -4.85. The first kappa shape index (κ1) is 16.8. The number of halogens is 3. The van der Waals surface area contributed by atoms with Crippen LogP contribution in [0.4, 0.5) is 13.2 Å². The zero-order chi connectivity index (χ0) is 7.91. The minimum absolute atomic E-state index is 0. The largest absolute Gasteiger partial charge is 0.386 e. The van der Waals surface area contributed by atoms with E-state index in [1.54, 1.807) is 0 Å². The molecule has 0 aliphatic carbocycles. The second kappa shape index (κ2) is 9.41. The van der Waals surface area contributed by atoms with E-state index in [1.165, 1.54) is 0 Å². The molecule has 0 nitrogen and oxygen atoms in total. The first-order chi connectivity index (χ1) is 4.06. The third-order valence-electron chi connectivity index (χ3n) is 0.460. The summed E-state index contributed by atoms with van der Waals surface area (Å²) >= 11 is 0. The van der Waals surface area contributed by atoms with Crippen LogP contribution < -0.4 is 0 Å². The van der Waals surface area contributed by atoms with Gasteiger partial charge in [-0.3, -0.25) is 0 Å². The van der Waals surface area contributed by atoms with Crippen molar-refractivity contribution in [2.45, 2.75) is 32.9 Å². The van der Waals surface area contributed by atoms with Gasteiger partial charge in [0.05, 0.1) is 0 Å². The fourth-order valence-corrected chi connectivity index (χ4v) is 0.200. The standard InChI is InChI=1S/C4H6F3.C2H6.Zn/c1-2-3-4(5,6)7;1-2;/h1-3H2;1-2H3;/q-1;;. The summed E-state index contributed by atoms with van der Waals surface area (Å²) in [5.41, 5.74) is 0. The molecule has 0 aromatic rings. The molecule has 10 heavy (non-hydrogen) atoms. The van der Waals surface area contributed by atoms with E-state index in [0.717, 1.165) is 0 Å². The molecule has 0 aliphatic heterocycles. The molecule has 0 heterocycles. The van der Waals surface area contributed by atoms with Crippen molar-refractivity contribution in [3.8, 4) is 0 Å². The number of alkyl halides is 3. The van der Waals surface area contributed by atoms with Gasteiger partial charge in [-0.15, -0.1) is 0 Å². The van der Waals surface area contributed by atoms with Gasteiger partial charge >= 0.3 is 6.18 Å². The predicted molar refractivity (Wildman–Crippen MR) is 32.0 cm³/mol. The summed E-state index contributed by atoms with van der Waals surface area (Å²) in [6.45, 7) is 7.05. The quantitative estimate of drug-likeness (QED) is 0.457. The van der Waals surface area contributed by atoms with Crippen LogP contribution in [0.5, 0.6) is 0 Å². The molecule has 0 aromatic carbocycles. The number of hydrogen-bond donors (Lipinski definition) is 0. The molecule has 0 aliphatic rings. The minimum atomic E-state index is -4.01. The van der Waals surface area contributed by atoms with E-state index in [0.29, 0.717) is 0 Å². The molecule has 4 heteroatoms. The van der Waals surface area contributed by atoms with Gasteiger partial charge in [-0.2, -0.15) is 19.6 Å². The van der Waals surface area contributed by atoms with E-state index in [1.807, 2.05) is 13.8 Å². The third kappa shape index (κ3) is 23.7. The molecule has 0 atom stereocenters. The fraction of sp³-hybridized carbons (Fsp3) is 0.833. The summed E-state index contributed by atoms with van der Waals surface area (Å²) in [6, 6.07) is 0. The SMILES string of the molecule is CC.[CH2-]CCC(F)(F)F.[Zn]. The normalized spacial score (nSPS) is 9.00. The smallest absolute Gasteiger partial charge is 0.343 e. The van der Waals surface area contributed by atoms with Gasteiger partial charge in [-0.25, -0.2) is 0 Å². The van der Waals surface area contributed by atoms with Crippen molar-refractivity contribution >= 4 is 0 Å². The Morgan fingerprint density at radius 2 is 1.50 bits per heavy atom. The maximum Gasteiger partial charge on any atom is 0.386 e. The third-order valence-corrected chi connectivity index (χ3v) is 0.460. The summed E-state index contributed by atoms with van der Waals surface area (Å²) in [5, 5.41) is 0. The van der Waals surface area contributed by atoms with Gasteiger partial charge in [0.2, 0.25) is 0 Å². The van der Waals surface area contributed by atoms with Crippen LogP contribution in [0.3, 0.4) is 0 Å². The zero-order valence-electron chi connectivity index (χ0n) is 6.46. The molecule has 0 radical (unpaired) electrons. The Labute approximate surface area is 72.9 Å². The van der Waals surface area contributed by atoms with Crippen molar-refractivity contribution in [3.05, 3.63) is 6.92 Å². The first-order valence-electron chi connectivity index (χ1n) is 2.92. The molecule has 0 saturated carbocycles. The first-order valence-corrected chi connectivity index (χ1v) is 2.92. The number of hydrogen-bond acceptors (Lipinski definition) is 0. The second-order valence-electron chi connectivity index (χ2n) is 1.22. The van der Waals surface area contributed by atoms with Crippen molar-refractivity contribution in [3.63, 3.8) is 0 Å². The Morgan fingerprint density at radius 1 is 1.20 bits per heavy atom. The molecule has 0 fully saturated rings. The van der Waals surface area contributed by atoms with Crippen molar-refractivity contribution in [2.24, 2.45) is 0 Å². The van der Waals surface area contributed by atoms with Crippen LogP contribution >= 0.6 is 0 Å². The van der Waals surface area contributed by atoms with E-state index >= 15 is 0 Å². The van der Waals surface area contributed by atoms with Gasteiger partial charge in [0.15, 0.2) is 0 Å². The van der Waals surface area contributed by atoms with Gasteiger partial charge in [-0.1, -0.05) is 13.8 Å². The van der Waals surface area contributed by atoms with Crippen LogP contribution in [-0.4, -0.2) is 6.18 Å². The summed E-state index contributed by atoms with van der Waals surface area (Å²) in [5.74, 6) is 0. The molecule has 0 unspecified atom stereocenters. The molecule has 0 saturated heterocycles. The Hall–Kier alpha value is 0.413. The maximum absolute atomic E-state index is 11.0. The Bertz CT molecular complexity index is 51.4. The van der Waals surface area contributed by atoms with Crippen LogP contribution in [0, 0.1) is 6.92 Å². The van der Waals surface area contributed by atoms with E-state index in [2.05, 4.69) is 6.92 Å². The molecule has 0 N–H and O–H groups in total. The Morgan fingerprint density at radius 3 is 1.50 bits per heavy atom. The van der Waals surface area contributed by atoms with Crippen molar-refractivity contribution in [1.82, 2.24) is 0 Å². The predicted octanol–water partition coefficient (Wildman–Crippen LogP) is 3.19. The average Bonchev–Trinajstić information content (AvgIpc) is 1.69. The van der Waals surface area contributed by atoms with E-state index in [-0.39, 0.29) is 25.9 Å². The average molecular weight is 207 g/mol. The van der Waals surface area contributed by atoms with Gasteiger partial charge < -0.3 is 6.92 Å². The second-order valence-corrected chi connectivity index (χ2v) is 1.22. The minimum Gasteiger partial charge on any atom is -0.343 e. The van der Waals surface area contributed by atoms with Crippen molar-refractivity contribution in [2.75, 3.05) is 0 Å². The molecule has 0 bridgehead atoms.